The van der Waals surface area contributed by atoms with E-state index in [-0.39, 0.29) is 24.0 Å². The van der Waals surface area contributed by atoms with Gasteiger partial charge in [-0.1, -0.05) is 41.9 Å². The molecule has 0 aliphatic heterocycles. The molecule has 0 atom stereocenters. The number of halogens is 2. The van der Waals surface area contributed by atoms with Gasteiger partial charge in [0.15, 0.2) is 5.96 Å². The minimum absolute atomic E-state index is 0. The molecule has 2 rings (SSSR count). The molecule has 2 N–H and O–H groups in total. The van der Waals surface area contributed by atoms with Crippen LogP contribution in [0.5, 0.6) is 0 Å². The number of hydrogen-bond acceptors (Lipinski definition) is 2. The minimum atomic E-state index is 0. The molecule has 2 aromatic rings. The largest absolute Gasteiger partial charge is 0.378 e. The molecule has 0 amide bonds. The third-order valence-corrected chi connectivity index (χ3v) is 4.12. The van der Waals surface area contributed by atoms with Crippen LogP contribution in [-0.4, -0.2) is 33.6 Å². The Morgan fingerprint density at radius 2 is 1.84 bits per heavy atom. The van der Waals surface area contributed by atoms with Crippen molar-refractivity contribution in [2.75, 3.05) is 32.6 Å². The van der Waals surface area contributed by atoms with Gasteiger partial charge in [-0.05, 0) is 35.7 Å². The van der Waals surface area contributed by atoms with E-state index in [0.717, 1.165) is 36.1 Å². The monoisotopic (exact) mass is 472 g/mol. The fourth-order valence-corrected chi connectivity index (χ4v) is 2.60. The second-order valence-corrected chi connectivity index (χ2v) is 6.17. The summed E-state index contributed by atoms with van der Waals surface area (Å²) in [7, 11) is 5.87. The lowest BCUT2D eigenvalue weighted by Gasteiger charge is -2.15. The number of anilines is 1. The molecule has 0 heterocycles. The molecule has 25 heavy (non-hydrogen) atoms. The van der Waals surface area contributed by atoms with Crippen LogP contribution in [0, 0.1) is 0 Å². The third-order valence-electron chi connectivity index (χ3n) is 3.76. The fraction of sp³-hybridized carbons (Fsp3) is 0.316. The summed E-state index contributed by atoms with van der Waals surface area (Å²) in [6, 6.07) is 16.4. The summed E-state index contributed by atoms with van der Waals surface area (Å²) in [4.78, 5) is 6.36. The van der Waals surface area contributed by atoms with Crippen molar-refractivity contribution in [3.8, 4) is 0 Å². The van der Waals surface area contributed by atoms with Gasteiger partial charge in [-0.15, -0.1) is 24.0 Å². The van der Waals surface area contributed by atoms with Crippen molar-refractivity contribution < 1.29 is 0 Å². The van der Waals surface area contributed by atoms with Gasteiger partial charge >= 0.3 is 0 Å². The number of benzene rings is 2. The highest BCUT2D eigenvalue weighted by Gasteiger charge is 2.02. The number of nitrogens with zero attached hydrogens (tertiary/aromatic N) is 2. The quantitative estimate of drug-likeness (QED) is 0.380. The first-order chi connectivity index (χ1) is 11.6. The summed E-state index contributed by atoms with van der Waals surface area (Å²) < 4.78 is 0. The highest BCUT2D eigenvalue weighted by atomic mass is 127. The van der Waals surface area contributed by atoms with Crippen LogP contribution in [-0.2, 0) is 13.0 Å². The summed E-state index contributed by atoms with van der Waals surface area (Å²) in [5, 5.41) is 7.47. The molecule has 0 saturated carbocycles. The number of nitrogens with one attached hydrogen (secondary N) is 2. The maximum Gasteiger partial charge on any atom is 0.191 e. The topological polar surface area (TPSA) is 39.7 Å². The van der Waals surface area contributed by atoms with Crippen molar-refractivity contribution in [2.24, 2.45) is 4.99 Å². The molecule has 6 heteroatoms. The summed E-state index contributed by atoms with van der Waals surface area (Å²) in [5.74, 6) is 0.789. The molecule has 0 spiro atoms. The molecule has 136 valence electrons. The SMILES string of the molecule is CN=C(NCCc1ccccc1Cl)NCc1cccc(N(C)C)c1.I. The van der Waals surface area contributed by atoms with Crippen molar-refractivity contribution in [3.63, 3.8) is 0 Å². The molecular formula is C19H26ClIN4. The second kappa shape index (κ2) is 11.2. The molecular weight excluding hydrogens is 447 g/mol. The molecule has 0 unspecified atom stereocenters. The zero-order valence-corrected chi connectivity index (χ0v) is 18.0. The summed E-state index contributed by atoms with van der Waals surface area (Å²) >= 11 is 6.18. The zero-order chi connectivity index (χ0) is 17.4. The Morgan fingerprint density at radius 1 is 1.08 bits per heavy atom. The van der Waals surface area contributed by atoms with Gasteiger partial charge in [-0.2, -0.15) is 0 Å². The van der Waals surface area contributed by atoms with E-state index in [4.69, 9.17) is 11.6 Å². The maximum atomic E-state index is 6.18. The van der Waals surface area contributed by atoms with Gasteiger partial charge in [0, 0.05) is 44.9 Å². The fourth-order valence-electron chi connectivity index (χ4n) is 2.37. The van der Waals surface area contributed by atoms with Crippen molar-refractivity contribution >= 4 is 47.2 Å². The van der Waals surface area contributed by atoms with Crippen molar-refractivity contribution in [1.82, 2.24) is 10.6 Å². The van der Waals surface area contributed by atoms with Gasteiger partial charge < -0.3 is 15.5 Å². The van der Waals surface area contributed by atoms with Gasteiger partial charge in [0.05, 0.1) is 0 Å². The lowest BCUT2D eigenvalue weighted by Crippen LogP contribution is -2.37. The van der Waals surface area contributed by atoms with E-state index < -0.39 is 0 Å². The standard InChI is InChI=1S/C19H25ClN4.HI/c1-21-19(22-12-11-16-8-4-5-10-18(16)20)23-14-15-7-6-9-17(13-15)24(2)3;/h4-10,13H,11-12,14H2,1-3H3,(H2,21,22,23);1H. The highest BCUT2D eigenvalue weighted by Crippen LogP contribution is 2.15. The summed E-state index contributed by atoms with van der Waals surface area (Å²) in [6.07, 6.45) is 0.858. The first kappa shape index (κ1) is 21.6. The van der Waals surface area contributed by atoms with E-state index in [2.05, 4.69) is 44.8 Å². The molecule has 0 fully saturated rings. The van der Waals surface area contributed by atoms with Gasteiger partial charge in [-0.25, -0.2) is 0 Å². The van der Waals surface area contributed by atoms with Gasteiger partial charge in [0.25, 0.3) is 0 Å². The van der Waals surface area contributed by atoms with Crippen LogP contribution in [0.2, 0.25) is 5.02 Å². The number of guanidine groups is 1. The lowest BCUT2D eigenvalue weighted by atomic mass is 10.1. The van der Waals surface area contributed by atoms with Crippen LogP contribution in [0.4, 0.5) is 5.69 Å². The van der Waals surface area contributed by atoms with E-state index in [1.807, 2.05) is 38.4 Å². The third kappa shape index (κ3) is 7.12. The lowest BCUT2D eigenvalue weighted by molar-refractivity contribution is 0.794. The Bertz CT molecular complexity index is 689. The summed E-state index contributed by atoms with van der Waals surface area (Å²) in [5.41, 5.74) is 3.55. The van der Waals surface area contributed by atoms with Crippen molar-refractivity contribution in [2.45, 2.75) is 13.0 Å². The molecule has 0 radical (unpaired) electrons. The predicted molar refractivity (Wildman–Crippen MR) is 120 cm³/mol. The molecule has 0 aliphatic carbocycles. The van der Waals surface area contributed by atoms with E-state index >= 15 is 0 Å². The van der Waals surface area contributed by atoms with E-state index in [0.29, 0.717) is 0 Å². The Labute approximate surface area is 172 Å². The van der Waals surface area contributed by atoms with E-state index in [9.17, 15) is 0 Å². The molecule has 4 nitrogen and oxygen atoms in total. The van der Waals surface area contributed by atoms with Gasteiger partial charge in [0.1, 0.15) is 0 Å². The van der Waals surface area contributed by atoms with Crippen LogP contribution in [0.15, 0.2) is 53.5 Å². The average molecular weight is 473 g/mol. The maximum absolute atomic E-state index is 6.18. The smallest absolute Gasteiger partial charge is 0.191 e. The zero-order valence-electron chi connectivity index (χ0n) is 14.9. The minimum Gasteiger partial charge on any atom is -0.378 e. The molecule has 0 aromatic heterocycles. The van der Waals surface area contributed by atoms with Crippen molar-refractivity contribution in [1.29, 1.82) is 0 Å². The van der Waals surface area contributed by atoms with E-state index in [1.165, 1.54) is 11.3 Å². The first-order valence-corrected chi connectivity index (χ1v) is 8.42. The predicted octanol–water partition coefficient (Wildman–Crippen LogP) is 3.93. The second-order valence-electron chi connectivity index (χ2n) is 5.76. The van der Waals surface area contributed by atoms with Crippen LogP contribution in [0.25, 0.3) is 0 Å². The van der Waals surface area contributed by atoms with Crippen LogP contribution in [0.3, 0.4) is 0 Å². The molecule has 0 saturated heterocycles. The number of hydrogen-bond donors (Lipinski definition) is 2. The van der Waals surface area contributed by atoms with Crippen LogP contribution in [0.1, 0.15) is 11.1 Å². The van der Waals surface area contributed by atoms with Crippen molar-refractivity contribution in [3.05, 3.63) is 64.7 Å². The van der Waals surface area contributed by atoms with Crippen LogP contribution < -0.4 is 15.5 Å². The molecule has 0 aliphatic rings. The first-order valence-electron chi connectivity index (χ1n) is 8.04. The Hall–Kier alpha value is -1.47. The van der Waals surface area contributed by atoms with E-state index in [1.54, 1.807) is 7.05 Å². The normalized spacial score (nSPS) is 10.8. The molecule has 2 aromatic carbocycles. The van der Waals surface area contributed by atoms with Gasteiger partial charge in [-0.3, -0.25) is 4.99 Å². The Balaban J connectivity index is 0.00000312. The Kier molecular flexibility index (Phi) is 9.67. The number of rotatable bonds is 6. The summed E-state index contributed by atoms with van der Waals surface area (Å²) in [6.45, 7) is 1.51. The Morgan fingerprint density at radius 3 is 2.52 bits per heavy atom. The number of aliphatic imine (C=N–C) groups is 1. The molecule has 0 bridgehead atoms. The van der Waals surface area contributed by atoms with Crippen LogP contribution >= 0.6 is 35.6 Å². The van der Waals surface area contributed by atoms with Gasteiger partial charge in [0.2, 0.25) is 0 Å². The average Bonchev–Trinajstić information content (AvgIpc) is 2.59. The highest BCUT2D eigenvalue weighted by molar-refractivity contribution is 14.0.